The average molecular weight is 572 g/mol. The number of morpholine rings is 1. The van der Waals surface area contributed by atoms with Crippen LogP contribution in [0, 0.1) is 0 Å². The molecule has 0 unspecified atom stereocenters. The highest BCUT2D eigenvalue weighted by Gasteiger charge is 2.09. The molecule has 40 heavy (non-hydrogen) atoms. The second-order valence-electron chi connectivity index (χ2n) is 12.2. The van der Waals surface area contributed by atoms with Crippen molar-refractivity contribution >= 4 is 0 Å². The fraction of sp³-hybridized carbons (Fsp3) is 1.00. The number of hydrogen-bond donors (Lipinski definition) is 2. The molecule has 0 aliphatic carbocycles. The summed E-state index contributed by atoms with van der Waals surface area (Å²) < 4.78 is 16.5. The number of nitrogens with zero attached hydrogens (tertiary/aromatic N) is 1. The molecular formula is C34H69NO5. The van der Waals surface area contributed by atoms with Crippen LogP contribution in [-0.2, 0) is 14.2 Å². The first-order chi connectivity index (χ1) is 19.7. The fourth-order valence-electron chi connectivity index (χ4n) is 5.55. The number of aliphatic hydroxyl groups excluding tert-OH is 2. The third-order valence-corrected chi connectivity index (χ3v) is 8.25. The van der Waals surface area contributed by atoms with Gasteiger partial charge in [0.1, 0.15) is 0 Å². The van der Waals surface area contributed by atoms with Gasteiger partial charge < -0.3 is 24.4 Å². The predicted octanol–water partition coefficient (Wildman–Crippen LogP) is 7.68. The smallest absolute Gasteiger partial charge is 0.0773 e. The number of ether oxygens (including phenoxy) is 3. The zero-order chi connectivity index (χ0) is 28.8. The number of hydrogen-bond acceptors (Lipinski definition) is 6. The van der Waals surface area contributed by atoms with Crippen LogP contribution in [0.2, 0.25) is 0 Å². The largest absolute Gasteiger partial charge is 0.391 e. The lowest BCUT2D eigenvalue weighted by Gasteiger charge is -2.26. The summed E-state index contributed by atoms with van der Waals surface area (Å²) in [6.45, 7) is 9.33. The molecule has 1 saturated heterocycles. The Hall–Kier alpha value is -0.240. The van der Waals surface area contributed by atoms with Gasteiger partial charge >= 0.3 is 0 Å². The number of rotatable bonds is 31. The van der Waals surface area contributed by atoms with Gasteiger partial charge in [-0.05, 0) is 25.8 Å². The van der Waals surface area contributed by atoms with Crippen LogP contribution in [-0.4, -0.2) is 86.6 Å². The lowest BCUT2D eigenvalue weighted by molar-refractivity contribution is -0.0202. The standard InChI is InChI=1S/C34H69NO5/c1-2-3-4-5-6-13-16-19-22-33(36)31-39-29-30-40-32-34(37)23-20-17-14-11-9-7-8-10-12-15-18-21-24-35-25-27-38-28-26-35/h33-34,36-37H,2-32H2,1H3/t33-,34-/m0/s1. The van der Waals surface area contributed by atoms with Crippen LogP contribution >= 0.6 is 0 Å². The van der Waals surface area contributed by atoms with Gasteiger partial charge in [0.05, 0.1) is 51.8 Å². The normalized spacial score (nSPS) is 16.0. The Morgan fingerprint density at radius 2 is 0.925 bits per heavy atom. The van der Waals surface area contributed by atoms with Crippen molar-refractivity contribution in [3.8, 4) is 0 Å². The van der Waals surface area contributed by atoms with Crippen LogP contribution in [0.5, 0.6) is 0 Å². The Bertz CT molecular complexity index is 489. The summed E-state index contributed by atoms with van der Waals surface area (Å²) in [5.41, 5.74) is 0. The van der Waals surface area contributed by atoms with Gasteiger partial charge in [-0.2, -0.15) is 0 Å². The molecule has 1 aliphatic rings. The third kappa shape index (κ3) is 26.6. The first-order valence-corrected chi connectivity index (χ1v) is 17.5. The van der Waals surface area contributed by atoms with Crippen molar-refractivity contribution < 1.29 is 24.4 Å². The molecule has 6 heteroatoms. The van der Waals surface area contributed by atoms with Crippen molar-refractivity contribution in [1.82, 2.24) is 4.90 Å². The van der Waals surface area contributed by atoms with E-state index in [4.69, 9.17) is 14.2 Å². The Morgan fingerprint density at radius 1 is 0.550 bits per heavy atom. The van der Waals surface area contributed by atoms with Crippen LogP contribution in [0.4, 0.5) is 0 Å². The highest BCUT2D eigenvalue weighted by Crippen LogP contribution is 2.14. The molecule has 6 nitrogen and oxygen atoms in total. The zero-order valence-electron chi connectivity index (χ0n) is 26.6. The van der Waals surface area contributed by atoms with E-state index in [0.717, 1.165) is 52.0 Å². The van der Waals surface area contributed by atoms with Crippen LogP contribution in [0.1, 0.15) is 148 Å². The predicted molar refractivity (Wildman–Crippen MR) is 168 cm³/mol. The van der Waals surface area contributed by atoms with Gasteiger partial charge in [-0.3, -0.25) is 4.90 Å². The van der Waals surface area contributed by atoms with Gasteiger partial charge in [0, 0.05) is 13.1 Å². The van der Waals surface area contributed by atoms with Gasteiger partial charge in [-0.25, -0.2) is 0 Å². The third-order valence-electron chi connectivity index (χ3n) is 8.25. The molecule has 0 radical (unpaired) electrons. The molecule has 0 aromatic carbocycles. The van der Waals surface area contributed by atoms with Gasteiger partial charge in [-0.1, -0.05) is 129 Å². The lowest BCUT2D eigenvalue weighted by atomic mass is 10.0. The molecule has 1 aliphatic heterocycles. The van der Waals surface area contributed by atoms with E-state index in [1.165, 1.54) is 122 Å². The van der Waals surface area contributed by atoms with E-state index in [-0.39, 0.29) is 12.2 Å². The van der Waals surface area contributed by atoms with Gasteiger partial charge in [0.2, 0.25) is 0 Å². The molecular weight excluding hydrogens is 502 g/mol. The molecule has 0 bridgehead atoms. The summed E-state index contributed by atoms with van der Waals surface area (Å²) >= 11 is 0. The van der Waals surface area contributed by atoms with E-state index in [2.05, 4.69) is 11.8 Å². The number of aliphatic hydroxyl groups is 2. The average Bonchev–Trinajstić information content (AvgIpc) is 2.97. The molecule has 0 aromatic heterocycles. The molecule has 0 spiro atoms. The monoisotopic (exact) mass is 572 g/mol. The van der Waals surface area contributed by atoms with Crippen molar-refractivity contribution in [2.75, 3.05) is 59.3 Å². The summed E-state index contributed by atoms with van der Waals surface area (Å²) in [4.78, 5) is 2.54. The Balaban J connectivity index is 1.71. The molecule has 240 valence electrons. The summed E-state index contributed by atoms with van der Waals surface area (Å²) in [6, 6.07) is 0. The zero-order valence-corrected chi connectivity index (χ0v) is 26.6. The highest BCUT2D eigenvalue weighted by atomic mass is 16.5. The molecule has 2 atom stereocenters. The fourth-order valence-corrected chi connectivity index (χ4v) is 5.55. The molecule has 0 saturated carbocycles. The lowest BCUT2D eigenvalue weighted by Crippen LogP contribution is -2.36. The van der Waals surface area contributed by atoms with E-state index >= 15 is 0 Å². The van der Waals surface area contributed by atoms with Crippen LogP contribution in [0.15, 0.2) is 0 Å². The quantitative estimate of drug-likeness (QED) is 0.0832. The highest BCUT2D eigenvalue weighted by molar-refractivity contribution is 4.62. The Kier molecular flexibility index (Phi) is 28.6. The second-order valence-corrected chi connectivity index (χ2v) is 12.2. The summed E-state index contributed by atoms with van der Waals surface area (Å²) in [7, 11) is 0. The van der Waals surface area contributed by atoms with Gasteiger partial charge in [-0.15, -0.1) is 0 Å². The summed E-state index contributed by atoms with van der Waals surface area (Å²) in [5, 5.41) is 20.2. The van der Waals surface area contributed by atoms with Crippen molar-refractivity contribution in [3.63, 3.8) is 0 Å². The summed E-state index contributed by atoms with van der Waals surface area (Å²) in [5.74, 6) is 0. The Labute approximate surface area is 248 Å². The minimum absolute atomic E-state index is 0.369. The molecule has 1 heterocycles. The van der Waals surface area contributed by atoms with E-state index < -0.39 is 0 Å². The van der Waals surface area contributed by atoms with Gasteiger partial charge in [0.25, 0.3) is 0 Å². The Morgan fingerprint density at radius 3 is 1.35 bits per heavy atom. The SMILES string of the molecule is CCCCCCCCCC[C@H](O)COCCOC[C@@H](O)CCCCCCCCCCCCCCN1CCOCC1. The maximum absolute atomic E-state index is 10.1. The van der Waals surface area contributed by atoms with E-state index in [1.54, 1.807) is 0 Å². The minimum atomic E-state index is -0.374. The topological polar surface area (TPSA) is 71.4 Å². The first-order valence-electron chi connectivity index (χ1n) is 17.5. The first kappa shape index (κ1) is 37.8. The van der Waals surface area contributed by atoms with Crippen molar-refractivity contribution in [2.45, 2.75) is 160 Å². The second kappa shape index (κ2) is 30.2. The van der Waals surface area contributed by atoms with Crippen molar-refractivity contribution in [2.24, 2.45) is 0 Å². The van der Waals surface area contributed by atoms with Crippen LogP contribution in [0.3, 0.4) is 0 Å². The molecule has 1 rings (SSSR count). The molecule has 2 N–H and O–H groups in total. The van der Waals surface area contributed by atoms with E-state index in [9.17, 15) is 10.2 Å². The van der Waals surface area contributed by atoms with Crippen molar-refractivity contribution in [3.05, 3.63) is 0 Å². The number of unbranched alkanes of at least 4 members (excludes halogenated alkanes) is 18. The van der Waals surface area contributed by atoms with Crippen LogP contribution < -0.4 is 0 Å². The van der Waals surface area contributed by atoms with E-state index in [1.807, 2.05) is 0 Å². The summed E-state index contributed by atoms with van der Waals surface area (Å²) in [6.07, 6.45) is 27.1. The van der Waals surface area contributed by atoms with Crippen molar-refractivity contribution in [1.29, 1.82) is 0 Å². The maximum Gasteiger partial charge on any atom is 0.0773 e. The minimum Gasteiger partial charge on any atom is -0.391 e. The maximum atomic E-state index is 10.1. The van der Waals surface area contributed by atoms with Crippen LogP contribution in [0.25, 0.3) is 0 Å². The molecule has 1 fully saturated rings. The molecule has 0 amide bonds. The van der Waals surface area contributed by atoms with E-state index in [0.29, 0.717) is 26.4 Å². The van der Waals surface area contributed by atoms with Gasteiger partial charge in [0.15, 0.2) is 0 Å². The molecule has 0 aromatic rings.